The van der Waals surface area contributed by atoms with Gasteiger partial charge in [-0.05, 0) is 18.2 Å². The summed E-state index contributed by atoms with van der Waals surface area (Å²) in [5.41, 5.74) is 1.30. The third-order valence-electron chi connectivity index (χ3n) is 4.77. The first-order valence-corrected chi connectivity index (χ1v) is 8.62. The van der Waals surface area contributed by atoms with Crippen molar-refractivity contribution in [2.45, 2.75) is 0 Å². The van der Waals surface area contributed by atoms with E-state index in [1.54, 1.807) is 23.1 Å². The van der Waals surface area contributed by atoms with Gasteiger partial charge in [0.15, 0.2) is 0 Å². The molecular formula is C19H15N5O4. The number of non-ortho nitro benzene ring substituents is 1. The Kier molecular flexibility index (Phi) is 4.37. The summed E-state index contributed by atoms with van der Waals surface area (Å²) in [6, 6.07) is 9.67. The first-order valence-electron chi connectivity index (χ1n) is 8.62. The van der Waals surface area contributed by atoms with Gasteiger partial charge in [0.05, 0.1) is 33.9 Å². The molecule has 0 spiro atoms. The van der Waals surface area contributed by atoms with E-state index in [9.17, 15) is 20.2 Å². The number of nitro groups is 1. The highest BCUT2D eigenvalue weighted by molar-refractivity contribution is 5.94. The largest absolute Gasteiger partial charge is 0.472 e. The second kappa shape index (κ2) is 7.00. The van der Waals surface area contributed by atoms with Crippen molar-refractivity contribution in [2.24, 2.45) is 0 Å². The average Bonchev–Trinajstić information content (AvgIpc) is 3.27. The van der Waals surface area contributed by atoms with E-state index < -0.39 is 4.92 Å². The molecule has 1 saturated heterocycles. The normalized spacial score (nSPS) is 14.1. The Hall–Kier alpha value is -3.93. The number of nitriles is 1. The maximum Gasteiger partial charge on any atom is 0.270 e. The van der Waals surface area contributed by atoms with Gasteiger partial charge in [0.25, 0.3) is 11.6 Å². The number of benzene rings is 1. The Labute approximate surface area is 159 Å². The van der Waals surface area contributed by atoms with Gasteiger partial charge in [0.1, 0.15) is 12.1 Å². The van der Waals surface area contributed by atoms with Crippen molar-refractivity contribution in [1.29, 1.82) is 5.26 Å². The summed E-state index contributed by atoms with van der Waals surface area (Å²) in [6.07, 6.45) is 2.90. The van der Waals surface area contributed by atoms with E-state index in [0.29, 0.717) is 54.0 Å². The Morgan fingerprint density at radius 2 is 2.00 bits per heavy atom. The lowest BCUT2D eigenvalue weighted by Crippen LogP contribution is -2.49. The number of hydrogen-bond donors (Lipinski definition) is 0. The number of hydrogen-bond acceptors (Lipinski definition) is 7. The van der Waals surface area contributed by atoms with Crippen LogP contribution in [-0.4, -0.2) is 46.9 Å². The minimum absolute atomic E-state index is 0.0788. The molecule has 1 fully saturated rings. The molecule has 3 heterocycles. The molecule has 9 nitrogen and oxygen atoms in total. The first-order chi connectivity index (χ1) is 13.6. The molecule has 1 amide bonds. The molecule has 4 rings (SSSR count). The molecule has 9 heteroatoms. The number of anilines is 1. The van der Waals surface area contributed by atoms with Gasteiger partial charge in [0.2, 0.25) is 0 Å². The third-order valence-corrected chi connectivity index (χ3v) is 4.77. The van der Waals surface area contributed by atoms with Crippen LogP contribution in [0, 0.1) is 21.4 Å². The third kappa shape index (κ3) is 3.12. The number of furan rings is 1. The van der Waals surface area contributed by atoms with Gasteiger partial charge in [0, 0.05) is 43.7 Å². The number of carbonyl (C=O) groups is 1. The quantitative estimate of drug-likeness (QED) is 0.508. The fourth-order valence-corrected chi connectivity index (χ4v) is 3.28. The summed E-state index contributed by atoms with van der Waals surface area (Å²) in [7, 11) is 0. The molecule has 0 bridgehead atoms. The number of aromatic nitrogens is 1. The van der Waals surface area contributed by atoms with Gasteiger partial charge in [-0.1, -0.05) is 0 Å². The van der Waals surface area contributed by atoms with Crippen molar-refractivity contribution >= 4 is 28.3 Å². The smallest absolute Gasteiger partial charge is 0.270 e. The van der Waals surface area contributed by atoms with Crippen molar-refractivity contribution in [1.82, 2.24) is 9.88 Å². The molecule has 2 aromatic heterocycles. The molecule has 0 radical (unpaired) electrons. The van der Waals surface area contributed by atoms with E-state index in [1.165, 1.54) is 24.7 Å². The van der Waals surface area contributed by atoms with Crippen LogP contribution in [-0.2, 0) is 0 Å². The maximum atomic E-state index is 12.4. The summed E-state index contributed by atoms with van der Waals surface area (Å²) in [4.78, 5) is 31.2. The Bertz CT molecular complexity index is 1100. The molecule has 0 atom stereocenters. The number of nitro benzene ring substituents is 1. The fourth-order valence-electron chi connectivity index (χ4n) is 3.28. The molecule has 0 aliphatic carbocycles. The summed E-state index contributed by atoms with van der Waals surface area (Å²) < 4.78 is 4.97. The van der Waals surface area contributed by atoms with Gasteiger partial charge in [-0.2, -0.15) is 5.26 Å². The molecule has 140 valence electrons. The van der Waals surface area contributed by atoms with Crippen LogP contribution in [0.2, 0.25) is 0 Å². The zero-order valence-electron chi connectivity index (χ0n) is 14.7. The number of fused-ring (bicyclic) bond motifs is 1. The van der Waals surface area contributed by atoms with Crippen molar-refractivity contribution in [2.75, 3.05) is 31.1 Å². The molecule has 1 aromatic carbocycles. The molecule has 0 unspecified atom stereocenters. The van der Waals surface area contributed by atoms with E-state index in [1.807, 2.05) is 4.90 Å². The van der Waals surface area contributed by atoms with Gasteiger partial charge < -0.3 is 14.2 Å². The number of pyridine rings is 1. The van der Waals surface area contributed by atoms with Gasteiger partial charge in [-0.25, -0.2) is 4.98 Å². The maximum absolute atomic E-state index is 12.4. The number of carbonyl (C=O) groups excluding carboxylic acids is 1. The highest BCUT2D eigenvalue weighted by Crippen LogP contribution is 2.27. The Morgan fingerprint density at radius 1 is 1.21 bits per heavy atom. The van der Waals surface area contributed by atoms with Crippen LogP contribution in [0.25, 0.3) is 10.9 Å². The standard InChI is InChI=1S/C19H15N5O4/c20-11-14-9-18(21-17-2-1-15(24(26)27)10-16(14)17)22-4-6-23(7-5-22)19(25)13-3-8-28-12-13/h1-3,8-10,12H,4-7H2. The molecule has 1 aliphatic rings. The summed E-state index contributed by atoms with van der Waals surface area (Å²) >= 11 is 0. The van der Waals surface area contributed by atoms with E-state index in [2.05, 4.69) is 11.1 Å². The van der Waals surface area contributed by atoms with Gasteiger partial charge in [-0.3, -0.25) is 14.9 Å². The average molecular weight is 377 g/mol. The first kappa shape index (κ1) is 17.5. The monoisotopic (exact) mass is 377 g/mol. The van der Waals surface area contributed by atoms with Crippen LogP contribution in [0.5, 0.6) is 0 Å². The lowest BCUT2D eigenvalue weighted by Gasteiger charge is -2.35. The van der Waals surface area contributed by atoms with Crippen molar-refractivity contribution in [3.8, 4) is 6.07 Å². The second-order valence-electron chi connectivity index (χ2n) is 6.39. The van der Waals surface area contributed by atoms with E-state index in [0.717, 1.165) is 0 Å². The number of amides is 1. The molecule has 1 aliphatic heterocycles. The van der Waals surface area contributed by atoms with Gasteiger partial charge in [-0.15, -0.1) is 0 Å². The van der Waals surface area contributed by atoms with Crippen LogP contribution in [0.1, 0.15) is 15.9 Å². The number of nitrogens with zero attached hydrogens (tertiary/aromatic N) is 5. The van der Waals surface area contributed by atoms with Crippen molar-refractivity contribution < 1.29 is 14.1 Å². The van der Waals surface area contributed by atoms with E-state index in [-0.39, 0.29) is 11.6 Å². The zero-order valence-corrected chi connectivity index (χ0v) is 14.7. The SMILES string of the molecule is N#Cc1cc(N2CCN(C(=O)c3ccoc3)CC2)nc2ccc([N+](=O)[O-])cc12. The minimum Gasteiger partial charge on any atom is -0.472 e. The molecule has 28 heavy (non-hydrogen) atoms. The topological polar surface area (TPSA) is 117 Å². The zero-order chi connectivity index (χ0) is 19.7. The van der Waals surface area contributed by atoms with Crippen LogP contribution in [0.4, 0.5) is 11.5 Å². The predicted octanol–water partition coefficient (Wildman–Crippen LogP) is 2.57. The highest BCUT2D eigenvalue weighted by atomic mass is 16.6. The van der Waals surface area contributed by atoms with E-state index in [4.69, 9.17) is 4.42 Å². The van der Waals surface area contributed by atoms with E-state index >= 15 is 0 Å². The highest BCUT2D eigenvalue weighted by Gasteiger charge is 2.24. The summed E-state index contributed by atoms with van der Waals surface area (Å²) in [5.74, 6) is 0.540. The second-order valence-corrected chi connectivity index (χ2v) is 6.39. The molecule has 3 aromatic rings. The molecule has 0 N–H and O–H groups in total. The number of piperazine rings is 1. The van der Waals surface area contributed by atoms with Crippen LogP contribution >= 0.6 is 0 Å². The fraction of sp³-hybridized carbons (Fsp3) is 0.211. The van der Waals surface area contributed by atoms with Crippen LogP contribution in [0.15, 0.2) is 47.3 Å². The van der Waals surface area contributed by atoms with Crippen molar-refractivity contribution in [3.63, 3.8) is 0 Å². The summed E-state index contributed by atoms with van der Waals surface area (Å²) in [6.45, 7) is 2.18. The van der Waals surface area contributed by atoms with Gasteiger partial charge >= 0.3 is 0 Å². The Morgan fingerprint density at radius 3 is 2.64 bits per heavy atom. The lowest BCUT2D eigenvalue weighted by molar-refractivity contribution is -0.384. The van der Waals surface area contributed by atoms with Crippen LogP contribution in [0.3, 0.4) is 0 Å². The summed E-state index contributed by atoms with van der Waals surface area (Å²) in [5, 5.41) is 20.9. The molecule has 0 saturated carbocycles. The lowest BCUT2D eigenvalue weighted by atomic mass is 10.1. The van der Waals surface area contributed by atoms with Crippen LogP contribution < -0.4 is 4.90 Å². The number of rotatable bonds is 3. The molecular weight excluding hydrogens is 362 g/mol. The Balaban J connectivity index is 1.57. The van der Waals surface area contributed by atoms with Crippen molar-refractivity contribution in [3.05, 3.63) is 64.1 Å². The predicted molar refractivity (Wildman–Crippen MR) is 99.9 cm³/mol. The minimum atomic E-state index is -0.495.